The number of benzene rings is 3. The Morgan fingerprint density at radius 2 is 1.60 bits per heavy atom. The molecule has 0 aromatic heterocycles. The number of nitrogens with one attached hydrogen (secondary N) is 2. The van der Waals surface area contributed by atoms with Gasteiger partial charge in [-0.2, -0.15) is 8.62 Å². The van der Waals surface area contributed by atoms with Crippen LogP contribution >= 0.6 is 45.1 Å². The molecule has 3 heterocycles. The van der Waals surface area contributed by atoms with Crippen LogP contribution in [-0.2, 0) is 101 Å². The van der Waals surface area contributed by atoms with Crippen LogP contribution in [0.1, 0.15) is 123 Å². The summed E-state index contributed by atoms with van der Waals surface area (Å²) in [7, 11) is -14.5. The lowest BCUT2D eigenvalue weighted by Gasteiger charge is -2.24. The highest BCUT2D eigenvalue weighted by molar-refractivity contribution is 8.77. The molecule has 0 radical (unpaired) electrons. The van der Waals surface area contributed by atoms with Crippen molar-refractivity contribution < 1.29 is 118 Å². The zero-order valence-corrected chi connectivity index (χ0v) is 61.3. The molecule has 7 N–H and O–H groups in total. The maximum absolute atomic E-state index is 13.6. The summed E-state index contributed by atoms with van der Waals surface area (Å²) in [6, 6.07) is 12.7. The molecule has 1 saturated heterocycles. The summed E-state index contributed by atoms with van der Waals surface area (Å²) < 4.78 is 93.1. The lowest BCUT2D eigenvalue weighted by atomic mass is 9.87. The minimum atomic E-state index is -5.79. The van der Waals surface area contributed by atoms with E-state index in [2.05, 4.69) is 43.0 Å². The van der Waals surface area contributed by atoms with Crippen LogP contribution in [0.5, 0.6) is 0 Å². The molecule has 2 aromatic carbocycles. The molecule has 6 rings (SSSR count). The van der Waals surface area contributed by atoms with E-state index in [0.717, 1.165) is 45.8 Å². The molecule has 3 amide bonds. The Hall–Kier alpha value is -5.07. The van der Waals surface area contributed by atoms with Gasteiger partial charge in [0, 0.05) is 78.5 Å². The van der Waals surface area contributed by atoms with Crippen LogP contribution in [0.2, 0.25) is 0 Å². The largest absolute Gasteiger partial charge is 0.490 e. The minimum Gasteiger partial charge on any atom is -0.478 e. The predicted molar refractivity (Wildman–Crippen MR) is 369 cm³/mol. The SMILES string of the molecule is CCCc1cc2oc3cc(=NCC)c(C)cc-3c(-c3cc(C(=O)CCCOCCOCCNC(=O)OCCC(C)(C)SSCOCCCCOC(=O)CCC#CC4=CC([C@H]5C[C@H](OCS(C)=S)[C@@H](COP(=O)(O)OP(=O)(O)OP(=O)(O)O)O5)C(=O)NC4=O)ccc3C(=O)O)c2cc1C. The van der Waals surface area contributed by atoms with Crippen LogP contribution in [-0.4, -0.2) is 167 Å². The van der Waals surface area contributed by atoms with Crippen LogP contribution < -0.4 is 16.0 Å². The first kappa shape index (κ1) is 81.9. The van der Waals surface area contributed by atoms with Gasteiger partial charge in [-0.3, -0.25) is 34.0 Å². The number of hydrogen-bond acceptors (Lipinski definition) is 24. The fourth-order valence-corrected chi connectivity index (χ4v) is 15.9. The van der Waals surface area contributed by atoms with Gasteiger partial charge in [0.05, 0.1) is 86.6 Å². The monoisotopic (exact) mass is 1500 g/mol. The third-order valence-corrected chi connectivity index (χ3v) is 22.4. The Labute approximate surface area is 582 Å². The first-order chi connectivity index (χ1) is 46.4. The highest BCUT2D eigenvalue weighted by atomic mass is 33.1. The van der Waals surface area contributed by atoms with Gasteiger partial charge < -0.3 is 67.6 Å². The third kappa shape index (κ3) is 27.0. The number of alkyl carbamates (subject to hydrolysis) is 1. The Kier molecular flexibility index (Phi) is 32.9. The van der Waals surface area contributed by atoms with Crippen molar-refractivity contribution in [3.8, 4) is 34.3 Å². The number of imide groups is 1. The van der Waals surface area contributed by atoms with E-state index < -0.39 is 93.6 Å². The number of hydrogen-bond donors (Lipinski definition) is 7. The number of unbranched alkanes of at least 4 members (excludes halogenated alkanes) is 1. The highest BCUT2D eigenvalue weighted by Crippen LogP contribution is 2.66. The number of ether oxygens (including phenoxy) is 7. The van der Waals surface area contributed by atoms with Gasteiger partial charge in [0.25, 0.3) is 5.91 Å². The Morgan fingerprint density at radius 3 is 2.32 bits per heavy atom. The predicted octanol–water partition coefficient (Wildman–Crippen LogP) is 9.50. The number of carboxylic acid groups (broad SMARTS) is 1. The molecule has 0 spiro atoms. The van der Waals surface area contributed by atoms with Crippen molar-refractivity contribution in [2.45, 2.75) is 129 Å². The number of Topliss-reactive ketones (excluding diaryl/α,β-unsaturated/α-hetero) is 1. The number of fused-ring (bicyclic) bond motifs is 2. The number of carboxylic acids is 1. The van der Waals surface area contributed by atoms with Crippen LogP contribution in [0.15, 0.2) is 63.5 Å². The Morgan fingerprint density at radius 1 is 0.867 bits per heavy atom. The van der Waals surface area contributed by atoms with Crippen LogP contribution in [0.25, 0.3) is 33.4 Å². The van der Waals surface area contributed by atoms with Gasteiger partial charge in [0.2, 0.25) is 5.91 Å². The summed E-state index contributed by atoms with van der Waals surface area (Å²) in [5.74, 6) is 1.90. The molecule has 540 valence electrons. The molecule has 1 fully saturated rings. The average Bonchev–Trinajstić information content (AvgIpc) is 0.822. The molecule has 35 heteroatoms. The van der Waals surface area contributed by atoms with Crippen LogP contribution in [0.4, 0.5) is 4.79 Å². The standard InChI is InChI=1S/C63H84N3O25P3S4/c1-8-15-42-34-52-47(30-40(42)3)58(48-31-41(4)50(64-9-2)35-53(48)88-52)46-32-43(19-20-45(46)61(71)72)51(67)17-14-24-81-28-29-82-27-22-65-62(73)85-26-21-63(5,6)97-96-38-83-23-12-13-25-84-57(68)18-11-10-16-44-33-49(60(70)66-59(44)69)54-36-55(86-39-98(7)95)56(89-54)37-87-93(77,78)91-94(79,80)90-92(74,75)76/h19-20,30-35,49,54-56H,8-9,11-15,17-18,21-29,36-39H2,1-7H3,(H,65,73)(H,71,72)(H,77,78)(H,79,80)(H,66,69,70)(H2,74,75,76)/t49?,54-,55+,56-,98?/m1/s1. The van der Waals surface area contributed by atoms with E-state index in [9.17, 15) is 57.4 Å². The van der Waals surface area contributed by atoms with Gasteiger partial charge in [-0.25, -0.2) is 23.3 Å². The molecule has 0 bridgehead atoms. The molecular weight excluding hydrogens is 1420 g/mol. The van der Waals surface area contributed by atoms with Crippen molar-refractivity contribution in [3.63, 3.8) is 0 Å². The second-order valence-electron chi connectivity index (χ2n) is 23.1. The van der Waals surface area contributed by atoms with Crippen molar-refractivity contribution >= 4 is 112 Å². The van der Waals surface area contributed by atoms with Crippen molar-refractivity contribution in [2.75, 3.05) is 84.1 Å². The zero-order valence-electron chi connectivity index (χ0n) is 55.3. The minimum absolute atomic E-state index is 0.0170. The van der Waals surface area contributed by atoms with Crippen LogP contribution in [0.3, 0.4) is 0 Å². The number of carbonyl (C=O) groups excluding carboxylic acids is 5. The number of rotatable bonds is 41. The van der Waals surface area contributed by atoms with Gasteiger partial charge in [-0.15, -0.1) is 0 Å². The number of carbonyl (C=O) groups is 6. The summed E-state index contributed by atoms with van der Waals surface area (Å²) in [5.41, 5.74) is 5.92. The van der Waals surface area contributed by atoms with Gasteiger partial charge in [0.1, 0.15) is 23.4 Å². The number of ketones is 1. The normalized spacial score (nSPS) is 18.3. The quantitative estimate of drug-likeness (QED) is 0.00250. The number of phosphoric acid groups is 3. The molecule has 2 aromatic rings. The van der Waals surface area contributed by atoms with Crippen molar-refractivity contribution in [3.05, 3.63) is 87.3 Å². The van der Waals surface area contributed by atoms with E-state index in [-0.39, 0.29) is 92.9 Å². The van der Waals surface area contributed by atoms with Gasteiger partial charge in [0.15, 0.2) is 5.78 Å². The first-order valence-corrected chi connectivity index (χ1v) is 40.9. The molecule has 4 unspecified atom stereocenters. The molecule has 3 aliphatic heterocycles. The van der Waals surface area contributed by atoms with E-state index >= 15 is 0 Å². The van der Waals surface area contributed by atoms with E-state index in [4.69, 9.17) is 63.1 Å². The fourth-order valence-electron chi connectivity index (χ4n) is 10.1. The topological polar surface area (TPSA) is 397 Å². The molecule has 0 saturated carbocycles. The first-order valence-electron chi connectivity index (χ1n) is 31.3. The number of amides is 3. The smallest absolute Gasteiger partial charge is 0.478 e. The van der Waals surface area contributed by atoms with Gasteiger partial charge in [-0.1, -0.05) is 62.3 Å². The molecule has 4 aliphatic rings. The second-order valence-corrected chi connectivity index (χ2v) is 33.6. The number of esters is 1. The zero-order chi connectivity index (χ0) is 71.8. The number of aromatic carboxylic acids is 1. The molecule has 98 heavy (non-hydrogen) atoms. The molecular formula is C63H84N3O25P3S4. The second kappa shape index (κ2) is 39.4. The molecule has 7 atom stereocenters. The summed E-state index contributed by atoms with van der Waals surface area (Å²) in [6.07, 6.45) is 3.28. The van der Waals surface area contributed by atoms with Gasteiger partial charge >= 0.3 is 41.5 Å². The fraction of sp³-hybridized carbons (Fsp3) is 0.540. The van der Waals surface area contributed by atoms with Crippen LogP contribution in [0, 0.1) is 31.6 Å². The lowest BCUT2D eigenvalue weighted by molar-refractivity contribution is -0.143. The van der Waals surface area contributed by atoms with Crippen molar-refractivity contribution in [1.82, 2.24) is 10.6 Å². The van der Waals surface area contributed by atoms with E-state index in [0.29, 0.717) is 79.4 Å². The maximum Gasteiger partial charge on any atom is 0.490 e. The number of nitrogens with zero attached hydrogens (tertiary/aromatic N) is 1. The maximum atomic E-state index is 13.6. The molecule has 1 aliphatic carbocycles. The summed E-state index contributed by atoms with van der Waals surface area (Å²) in [4.78, 5) is 118. The number of aryl methyl sites for hydroxylation is 3. The Bertz CT molecular complexity index is 3790. The number of phosphoric ester groups is 1. The summed E-state index contributed by atoms with van der Waals surface area (Å²) in [6.45, 7) is 13.9. The average molecular weight is 1500 g/mol. The lowest BCUT2D eigenvalue weighted by Crippen LogP contribution is -2.44. The Balaban J connectivity index is 0.795. The third-order valence-electron chi connectivity index (χ3n) is 14.8. The van der Waals surface area contributed by atoms with Crippen molar-refractivity contribution in [2.24, 2.45) is 10.9 Å². The summed E-state index contributed by atoms with van der Waals surface area (Å²) in [5, 5.41) is 16.9. The van der Waals surface area contributed by atoms with E-state index in [1.807, 2.05) is 58.9 Å². The van der Waals surface area contributed by atoms with Gasteiger partial charge in [-0.05, 0) is 143 Å². The highest BCUT2D eigenvalue weighted by Gasteiger charge is 2.46. The van der Waals surface area contributed by atoms with E-state index in [1.165, 1.54) is 22.9 Å². The van der Waals surface area contributed by atoms with Crippen molar-refractivity contribution in [1.29, 1.82) is 0 Å². The van der Waals surface area contributed by atoms with E-state index in [1.54, 1.807) is 29.2 Å². The summed E-state index contributed by atoms with van der Waals surface area (Å²) >= 11 is 5.17. The molecule has 28 nitrogen and oxygen atoms in total.